The lowest BCUT2D eigenvalue weighted by atomic mass is 10.2. The molecule has 105 valence electrons. The molecule has 1 aliphatic rings. The lowest BCUT2D eigenvalue weighted by Gasteiger charge is -2.28. The smallest absolute Gasteiger partial charge is 0.121 e. The van der Waals surface area contributed by atoms with Gasteiger partial charge in [0.25, 0.3) is 0 Å². The van der Waals surface area contributed by atoms with Gasteiger partial charge in [0.2, 0.25) is 0 Å². The Morgan fingerprint density at radius 2 is 2.00 bits per heavy atom. The molecular weight excluding hydrogens is 236 g/mol. The largest absolute Gasteiger partial charge is 0.494 e. The number of piperazine rings is 1. The van der Waals surface area contributed by atoms with Gasteiger partial charge in [-0.1, -0.05) is 32.3 Å². The molecule has 1 aliphatic heterocycles. The standard InChI is InChI=1S/C16H25N2O/c1-2-3-4-5-13-19-16-8-6-7-15(14-16)18-11-9-17-10-12-18/h6-8,14H,2-5,9-13H2,1H3. The van der Waals surface area contributed by atoms with Gasteiger partial charge in [-0.05, 0) is 18.6 Å². The molecule has 0 spiro atoms. The first-order valence-electron chi connectivity index (χ1n) is 7.51. The second-order valence-electron chi connectivity index (χ2n) is 5.06. The van der Waals surface area contributed by atoms with Gasteiger partial charge in [-0.15, -0.1) is 0 Å². The summed E-state index contributed by atoms with van der Waals surface area (Å²) in [5.41, 5.74) is 1.26. The third-order valence-electron chi connectivity index (χ3n) is 3.51. The highest BCUT2D eigenvalue weighted by molar-refractivity contribution is 5.51. The van der Waals surface area contributed by atoms with Gasteiger partial charge in [0, 0.05) is 37.9 Å². The SMILES string of the molecule is CCCCCCOc1cccc(N2CC[N]CC2)c1. The summed E-state index contributed by atoms with van der Waals surface area (Å²) < 4.78 is 5.83. The average molecular weight is 261 g/mol. The Balaban J connectivity index is 1.81. The van der Waals surface area contributed by atoms with E-state index in [0.717, 1.165) is 45.0 Å². The number of hydrogen-bond donors (Lipinski definition) is 0. The van der Waals surface area contributed by atoms with Crippen LogP contribution in [0.3, 0.4) is 0 Å². The number of hydrogen-bond acceptors (Lipinski definition) is 2. The van der Waals surface area contributed by atoms with E-state index in [2.05, 4.69) is 41.4 Å². The van der Waals surface area contributed by atoms with Gasteiger partial charge < -0.3 is 9.64 Å². The number of anilines is 1. The number of benzene rings is 1. The van der Waals surface area contributed by atoms with Crippen LogP contribution in [-0.4, -0.2) is 32.8 Å². The van der Waals surface area contributed by atoms with Gasteiger partial charge in [-0.2, -0.15) is 0 Å². The summed E-state index contributed by atoms with van der Waals surface area (Å²) in [5.74, 6) is 0.997. The molecule has 19 heavy (non-hydrogen) atoms. The second kappa shape index (κ2) is 8.05. The van der Waals surface area contributed by atoms with E-state index in [0.29, 0.717) is 0 Å². The minimum Gasteiger partial charge on any atom is -0.494 e. The monoisotopic (exact) mass is 261 g/mol. The van der Waals surface area contributed by atoms with Crippen molar-refractivity contribution in [2.24, 2.45) is 0 Å². The second-order valence-corrected chi connectivity index (χ2v) is 5.06. The van der Waals surface area contributed by atoms with Crippen LogP contribution >= 0.6 is 0 Å². The molecule has 0 bridgehead atoms. The van der Waals surface area contributed by atoms with Gasteiger partial charge in [0.15, 0.2) is 0 Å². The Morgan fingerprint density at radius 1 is 1.16 bits per heavy atom. The molecule has 0 N–H and O–H groups in total. The van der Waals surface area contributed by atoms with Crippen molar-refractivity contribution in [1.82, 2.24) is 5.32 Å². The number of nitrogens with zero attached hydrogens (tertiary/aromatic N) is 2. The normalized spacial score (nSPS) is 15.5. The summed E-state index contributed by atoms with van der Waals surface area (Å²) in [5, 5.41) is 4.38. The zero-order valence-electron chi connectivity index (χ0n) is 12.0. The average Bonchev–Trinajstić information content (AvgIpc) is 2.48. The Kier molecular flexibility index (Phi) is 6.02. The van der Waals surface area contributed by atoms with E-state index in [9.17, 15) is 0 Å². The Morgan fingerprint density at radius 3 is 2.79 bits per heavy atom. The van der Waals surface area contributed by atoms with Crippen LogP contribution in [0, 0.1) is 0 Å². The van der Waals surface area contributed by atoms with Gasteiger partial charge in [-0.3, -0.25) is 0 Å². The predicted octanol–water partition coefficient (Wildman–Crippen LogP) is 3.07. The molecule has 0 unspecified atom stereocenters. The van der Waals surface area contributed by atoms with Crippen LogP contribution < -0.4 is 15.0 Å². The highest BCUT2D eigenvalue weighted by Gasteiger charge is 2.11. The maximum Gasteiger partial charge on any atom is 0.121 e. The van der Waals surface area contributed by atoms with Gasteiger partial charge in [-0.25, -0.2) is 5.32 Å². The fourth-order valence-electron chi connectivity index (χ4n) is 2.35. The van der Waals surface area contributed by atoms with Crippen LogP contribution in [0.1, 0.15) is 32.6 Å². The van der Waals surface area contributed by atoms with E-state index >= 15 is 0 Å². The molecule has 0 aliphatic carbocycles. The lowest BCUT2D eigenvalue weighted by molar-refractivity contribution is 0.305. The van der Waals surface area contributed by atoms with Gasteiger partial charge >= 0.3 is 0 Å². The number of rotatable bonds is 7. The van der Waals surface area contributed by atoms with Crippen molar-refractivity contribution in [3.05, 3.63) is 24.3 Å². The van der Waals surface area contributed by atoms with E-state index in [-0.39, 0.29) is 0 Å². The summed E-state index contributed by atoms with van der Waals surface area (Å²) in [6.45, 7) is 7.01. The van der Waals surface area contributed by atoms with Crippen LogP contribution in [0.4, 0.5) is 5.69 Å². The molecule has 1 saturated heterocycles. The first-order chi connectivity index (χ1) is 9.40. The molecule has 1 aromatic carbocycles. The fourth-order valence-corrected chi connectivity index (χ4v) is 2.35. The first kappa shape index (κ1) is 14.2. The van der Waals surface area contributed by atoms with Crippen molar-refractivity contribution >= 4 is 5.69 Å². The Hall–Kier alpha value is -1.22. The lowest BCUT2D eigenvalue weighted by Crippen LogP contribution is -2.40. The van der Waals surface area contributed by atoms with Gasteiger partial charge in [0.1, 0.15) is 5.75 Å². The molecule has 0 aromatic heterocycles. The quantitative estimate of drug-likeness (QED) is 0.705. The third kappa shape index (κ3) is 4.75. The molecule has 3 nitrogen and oxygen atoms in total. The summed E-state index contributed by atoms with van der Waals surface area (Å²) in [4.78, 5) is 2.39. The molecule has 0 amide bonds. The summed E-state index contributed by atoms with van der Waals surface area (Å²) >= 11 is 0. The minimum absolute atomic E-state index is 0.832. The molecule has 0 atom stereocenters. The molecule has 3 heteroatoms. The maximum atomic E-state index is 5.83. The van der Waals surface area contributed by atoms with E-state index in [1.54, 1.807) is 0 Å². The molecular formula is C16H25N2O. The van der Waals surface area contributed by atoms with E-state index in [1.807, 2.05) is 0 Å². The summed E-state index contributed by atoms with van der Waals surface area (Å²) in [7, 11) is 0. The highest BCUT2D eigenvalue weighted by Crippen LogP contribution is 2.21. The number of ether oxygens (including phenoxy) is 1. The Bertz CT molecular complexity index is 362. The molecule has 1 fully saturated rings. The molecule has 1 radical (unpaired) electrons. The maximum absolute atomic E-state index is 5.83. The predicted molar refractivity (Wildman–Crippen MR) is 80.2 cm³/mol. The molecule has 0 saturated carbocycles. The molecule has 1 heterocycles. The van der Waals surface area contributed by atoms with Crippen molar-refractivity contribution < 1.29 is 4.74 Å². The highest BCUT2D eigenvalue weighted by atomic mass is 16.5. The zero-order valence-corrected chi connectivity index (χ0v) is 12.0. The topological polar surface area (TPSA) is 26.6 Å². The number of unbranched alkanes of at least 4 members (excludes halogenated alkanes) is 3. The minimum atomic E-state index is 0.832. The van der Waals surface area contributed by atoms with Crippen LogP contribution in [0.15, 0.2) is 24.3 Å². The summed E-state index contributed by atoms with van der Waals surface area (Å²) in [6.07, 6.45) is 5.00. The van der Waals surface area contributed by atoms with Crippen molar-refractivity contribution in [3.63, 3.8) is 0 Å². The van der Waals surface area contributed by atoms with E-state index < -0.39 is 0 Å². The van der Waals surface area contributed by atoms with Crippen molar-refractivity contribution in [2.45, 2.75) is 32.6 Å². The zero-order chi connectivity index (χ0) is 13.3. The van der Waals surface area contributed by atoms with Crippen LogP contribution in [0.5, 0.6) is 5.75 Å². The first-order valence-corrected chi connectivity index (χ1v) is 7.51. The van der Waals surface area contributed by atoms with Crippen molar-refractivity contribution in [1.29, 1.82) is 0 Å². The van der Waals surface area contributed by atoms with Crippen molar-refractivity contribution in [2.75, 3.05) is 37.7 Å². The van der Waals surface area contributed by atoms with Crippen LogP contribution in [0.25, 0.3) is 0 Å². The van der Waals surface area contributed by atoms with Crippen molar-refractivity contribution in [3.8, 4) is 5.75 Å². The van der Waals surface area contributed by atoms with E-state index in [1.165, 1.54) is 24.9 Å². The molecule has 1 aromatic rings. The Labute approximate surface area is 116 Å². The third-order valence-corrected chi connectivity index (χ3v) is 3.51. The van der Waals surface area contributed by atoms with Crippen LogP contribution in [0.2, 0.25) is 0 Å². The van der Waals surface area contributed by atoms with Gasteiger partial charge in [0.05, 0.1) is 6.61 Å². The molecule has 2 rings (SSSR count). The van der Waals surface area contributed by atoms with Crippen LogP contribution in [-0.2, 0) is 0 Å². The summed E-state index contributed by atoms with van der Waals surface area (Å²) in [6, 6.07) is 8.46. The van der Waals surface area contributed by atoms with E-state index in [4.69, 9.17) is 4.74 Å². The fraction of sp³-hybridized carbons (Fsp3) is 0.625.